The lowest BCUT2D eigenvalue weighted by atomic mass is 10.1. The van der Waals surface area contributed by atoms with E-state index >= 15 is 0 Å². The molecule has 0 radical (unpaired) electrons. The maximum Gasteiger partial charge on any atom is 0.243 e. The first kappa shape index (κ1) is 17.3. The van der Waals surface area contributed by atoms with Gasteiger partial charge in [-0.3, -0.25) is 0 Å². The number of aromatic amines is 1. The molecule has 1 aliphatic heterocycles. The second kappa shape index (κ2) is 6.25. The van der Waals surface area contributed by atoms with Crippen LogP contribution in [0.3, 0.4) is 0 Å². The molecule has 5 heteroatoms. The highest BCUT2D eigenvalue weighted by Gasteiger charge is 2.29. The van der Waals surface area contributed by atoms with Crippen LogP contribution < -0.4 is 0 Å². The van der Waals surface area contributed by atoms with Gasteiger partial charge in [-0.15, -0.1) is 0 Å². The zero-order valence-corrected chi connectivity index (χ0v) is 16.3. The van der Waals surface area contributed by atoms with Gasteiger partial charge < -0.3 is 4.98 Å². The molecule has 3 aromatic rings. The number of aromatic nitrogens is 1. The molecule has 1 aliphatic rings. The van der Waals surface area contributed by atoms with Crippen molar-refractivity contribution < 1.29 is 8.42 Å². The van der Waals surface area contributed by atoms with E-state index in [9.17, 15) is 8.42 Å². The van der Waals surface area contributed by atoms with Crippen LogP contribution in [0.4, 0.5) is 0 Å². The minimum absolute atomic E-state index is 0.434. The normalized spacial score (nSPS) is 15.8. The standard InChI is InChI=1S/C21H24N2O2S/c1-14-5-7-19-18(12-14)17-8-10-23(11-9-20(17)22-19)26(24,25)21-13-15(2)4-6-16(21)3/h4-7,12-13,22H,8-11H2,1-3H3. The lowest BCUT2D eigenvalue weighted by Gasteiger charge is -2.21. The summed E-state index contributed by atoms with van der Waals surface area (Å²) in [6.45, 7) is 6.91. The van der Waals surface area contributed by atoms with Gasteiger partial charge in [-0.25, -0.2) is 8.42 Å². The molecule has 0 bridgehead atoms. The van der Waals surface area contributed by atoms with E-state index < -0.39 is 10.0 Å². The Morgan fingerprint density at radius 1 is 0.923 bits per heavy atom. The van der Waals surface area contributed by atoms with Crippen LogP contribution in [0.2, 0.25) is 0 Å². The summed E-state index contributed by atoms with van der Waals surface area (Å²) in [6, 6.07) is 12.0. The fourth-order valence-corrected chi connectivity index (χ4v) is 5.62. The molecule has 0 fully saturated rings. The van der Waals surface area contributed by atoms with Crippen LogP contribution in [0.15, 0.2) is 41.3 Å². The molecule has 0 atom stereocenters. The Morgan fingerprint density at radius 3 is 2.42 bits per heavy atom. The SMILES string of the molecule is Cc1ccc(C)c(S(=O)(=O)N2CCc3[nH]c4ccc(C)cc4c3CC2)c1. The minimum atomic E-state index is -3.48. The van der Waals surface area contributed by atoms with Gasteiger partial charge in [0.1, 0.15) is 0 Å². The number of fused-ring (bicyclic) bond motifs is 3. The van der Waals surface area contributed by atoms with Gasteiger partial charge in [0.15, 0.2) is 0 Å². The molecule has 1 N–H and O–H groups in total. The van der Waals surface area contributed by atoms with Crippen molar-refractivity contribution in [3.63, 3.8) is 0 Å². The van der Waals surface area contributed by atoms with Crippen molar-refractivity contribution in [3.8, 4) is 0 Å². The molecule has 1 aromatic heterocycles. The average Bonchev–Trinajstić information content (AvgIpc) is 2.79. The number of nitrogens with zero attached hydrogens (tertiary/aromatic N) is 1. The molecule has 26 heavy (non-hydrogen) atoms. The fourth-order valence-electron chi connectivity index (χ4n) is 3.87. The molecule has 4 rings (SSSR count). The summed E-state index contributed by atoms with van der Waals surface area (Å²) in [4.78, 5) is 3.93. The van der Waals surface area contributed by atoms with Crippen LogP contribution >= 0.6 is 0 Å². The van der Waals surface area contributed by atoms with Gasteiger partial charge in [0.05, 0.1) is 4.90 Å². The summed E-state index contributed by atoms with van der Waals surface area (Å²) < 4.78 is 28.1. The number of H-pyrrole nitrogens is 1. The first-order valence-electron chi connectivity index (χ1n) is 9.04. The van der Waals surface area contributed by atoms with E-state index in [1.807, 2.05) is 26.0 Å². The Bertz CT molecular complexity index is 1100. The molecule has 136 valence electrons. The van der Waals surface area contributed by atoms with E-state index in [-0.39, 0.29) is 0 Å². The van der Waals surface area contributed by atoms with Gasteiger partial charge in [-0.2, -0.15) is 4.31 Å². The second-order valence-electron chi connectivity index (χ2n) is 7.30. The maximum absolute atomic E-state index is 13.2. The van der Waals surface area contributed by atoms with E-state index in [0.29, 0.717) is 24.4 Å². The summed E-state index contributed by atoms with van der Waals surface area (Å²) in [7, 11) is -3.48. The monoisotopic (exact) mass is 368 g/mol. The quantitative estimate of drug-likeness (QED) is 0.746. The summed E-state index contributed by atoms with van der Waals surface area (Å²) in [5.74, 6) is 0. The Labute approximate surface area is 154 Å². The third kappa shape index (κ3) is 2.85. The first-order chi connectivity index (χ1) is 12.4. The van der Waals surface area contributed by atoms with E-state index in [4.69, 9.17) is 0 Å². The van der Waals surface area contributed by atoms with E-state index in [0.717, 1.165) is 23.1 Å². The van der Waals surface area contributed by atoms with Crippen molar-refractivity contribution >= 4 is 20.9 Å². The average molecular weight is 369 g/mol. The summed E-state index contributed by atoms with van der Waals surface area (Å²) in [6.07, 6.45) is 1.45. The van der Waals surface area contributed by atoms with Crippen LogP contribution in [0, 0.1) is 20.8 Å². The number of rotatable bonds is 2. The van der Waals surface area contributed by atoms with Crippen molar-refractivity contribution in [1.82, 2.24) is 9.29 Å². The Balaban J connectivity index is 1.69. The molecule has 4 nitrogen and oxygen atoms in total. The molecule has 0 spiro atoms. The van der Waals surface area contributed by atoms with Gasteiger partial charge in [-0.05, 0) is 62.1 Å². The summed E-state index contributed by atoms with van der Waals surface area (Å²) >= 11 is 0. The smallest absolute Gasteiger partial charge is 0.243 e. The van der Waals surface area contributed by atoms with Crippen LogP contribution in [0.5, 0.6) is 0 Å². The topological polar surface area (TPSA) is 53.2 Å². The lowest BCUT2D eigenvalue weighted by Crippen LogP contribution is -2.33. The molecule has 0 amide bonds. The summed E-state index contributed by atoms with van der Waals surface area (Å²) in [5, 5.41) is 1.23. The van der Waals surface area contributed by atoms with Gasteiger partial charge >= 0.3 is 0 Å². The molecular weight excluding hydrogens is 344 g/mol. The fraction of sp³-hybridized carbons (Fsp3) is 0.333. The van der Waals surface area contributed by atoms with Crippen molar-refractivity contribution in [2.75, 3.05) is 13.1 Å². The lowest BCUT2D eigenvalue weighted by molar-refractivity contribution is 0.425. The molecule has 0 aliphatic carbocycles. The Morgan fingerprint density at radius 2 is 1.62 bits per heavy atom. The highest BCUT2D eigenvalue weighted by Crippen LogP contribution is 2.29. The zero-order valence-electron chi connectivity index (χ0n) is 15.5. The number of hydrogen-bond donors (Lipinski definition) is 1. The first-order valence-corrected chi connectivity index (χ1v) is 10.5. The zero-order chi connectivity index (χ0) is 18.5. The van der Waals surface area contributed by atoms with Gasteiger partial charge in [0.2, 0.25) is 10.0 Å². The number of hydrogen-bond acceptors (Lipinski definition) is 2. The van der Waals surface area contributed by atoms with E-state index in [2.05, 4.69) is 30.1 Å². The molecule has 0 saturated carbocycles. The van der Waals surface area contributed by atoms with Gasteiger partial charge in [-0.1, -0.05) is 23.8 Å². The van der Waals surface area contributed by atoms with E-state index in [1.54, 1.807) is 10.4 Å². The molecule has 2 aromatic carbocycles. The molecular formula is C21H24N2O2S. The van der Waals surface area contributed by atoms with Crippen LogP contribution in [0.25, 0.3) is 10.9 Å². The third-order valence-corrected chi connectivity index (χ3v) is 7.37. The number of benzene rings is 2. The van der Waals surface area contributed by atoms with Crippen molar-refractivity contribution in [1.29, 1.82) is 0 Å². The highest BCUT2D eigenvalue weighted by molar-refractivity contribution is 7.89. The third-order valence-electron chi connectivity index (χ3n) is 5.33. The minimum Gasteiger partial charge on any atom is -0.358 e. The van der Waals surface area contributed by atoms with E-state index in [1.165, 1.54) is 22.2 Å². The molecule has 2 heterocycles. The highest BCUT2D eigenvalue weighted by atomic mass is 32.2. The van der Waals surface area contributed by atoms with Gasteiger partial charge in [0.25, 0.3) is 0 Å². The number of aryl methyl sites for hydroxylation is 3. The largest absolute Gasteiger partial charge is 0.358 e. The van der Waals surface area contributed by atoms with Gasteiger partial charge in [0, 0.05) is 36.1 Å². The van der Waals surface area contributed by atoms with Crippen molar-refractivity contribution in [3.05, 3.63) is 64.3 Å². The van der Waals surface area contributed by atoms with Crippen molar-refractivity contribution in [2.45, 2.75) is 38.5 Å². The van der Waals surface area contributed by atoms with Crippen LogP contribution in [-0.4, -0.2) is 30.8 Å². The van der Waals surface area contributed by atoms with Crippen LogP contribution in [-0.2, 0) is 22.9 Å². The Hall–Kier alpha value is -2.11. The number of nitrogens with one attached hydrogen (secondary N) is 1. The van der Waals surface area contributed by atoms with Crippen molar-refractivity contribution in [2.24, 2.45) is 0 Å². The summed E-state index contributed by atoms with van der Waals surface area (Å²) in [5.41, 5.74) is 6.58. The molecule has 0 unspecified atom stereocenters. The predicted octanol–water partition coefficient (Wildman–Crippen LogP) is 3.88. The number of sulfonamides is 1. The second-order valence-corrected chi connectivity index (χ2v) is 9.21. The maximum atomic E-state index is 13.2. The molecule has 0 saturated heterocycles. The van der Waals surface area contributed by atoms with Crippen LogP contribution in [0.1, 0.15) is 27.9 Å². The predicted molar refractivity (Wildman–Crippen MR) is 105 cm³/mol. The Kier molecular flexibility index (Phi) is 4.16.